The van der Waals surface area contributed by atoms with Gasteiger partial charge in [-0.1, -0.05) is 17.3 Å². The third-order valence-corrected chi connectivity index (χ3v) is 2.25. The van der Waals surface area contributed by atoms with Crippen molar-refractivity contribution in [1.29, 1.82) is 5.26 Å². The summed E-state index contributed by atoms with van der Waals surface area (Å²) in [6.07, 6.45) is 1.39. The van der Waals surface area contributed by atoms with Gasteiger partial charge in [0.05, 0.1) is 23.4 Å². The van der Waals surface area contributed by atoms with Crippen molar-refractivity contribution in [3.05, 3.63) is 52.9 Å². The third kappa shape index (κ3) is 1.71. The molecule has 1 aromatic carbocycles. The second kappa shape index (κ2) is 3.99. The van der Waals surface area contributed by atoms with Crippen LogP contribution in [0.3, 0.4) is 0 Å². The molecular formula is C12H8N2O2. The lowest BCUT2D eigenvalue weighted by molar-refractivity contribution is 0.103. The SMILES string of the molecule is Cc1oncc1C(=O)c1cccc(C#N)c1. The van der Waals surface area contributed by atoms with E-state index < -0.39 is 0 Å². The average molecular weight is 212 g/mol. The van der Waals surface area contributed by atoms with Crippen LogP contribution in [-0.4, -0.2) is 10.9 Å². The number of carbonyl (C=O) groups excluding carboxylic acids is 1. The topological polar surface area (TPSA) is 66.9 Å². The lowest BCUT2D eigenvalue weighted by atomic mass is 10.0. The van der Waals surface area contributed by atoms with E-state index in [2.05, 4.69) is 5.16 Å². The number of nitrogens with zero attached hydrogens (tertiary/aromatic N) is 2. The van der Waals surface area contributed by atoms with Crippen LogP contribution in [0.25, 0.3) is 0 Å². The molecule has 0 aliphatic carbocycles. The summed E-state index contributed by atoms with van der Waals surface area (Å²) >= 11 is 0. The molecule has 0 spiro atoms. The van der Waals surface area contributed by atoms with E-state index in [9.17, 15) is 4.79 Å². The van der Waals surface area contributed by atoms with E-state index in [1.165, 1.54) is 6.20 Å². The molecule has 1 heterocycles. The van der Waals surface area contributed by atoms with Crippen molar-refractivity contribution in [2.75, 3.05) is 0 Å². The predicted octanol–water partition coefficient (Wildman–Crippen LogP) is 2.09. The Hall–Kier alpha value is -2.41. The van der Waals surface area contributed by atoms with Crippen molar-refractivity contribution in [3.8, 4) is 6.07 Å². The van der Waals surface area contributed by atoms with Crippen molar-refractivity contribution < 1.29 is 9.32 Å². The first-order chi connectivity index (χ1) is 7.72. The number of ketones is 1. The molecule has 0 N–H and O–H groups in total. The second-order valence-corrected chi connectivity index (χ2v) is 3.32. The molecule has 0 aliphatic heterocycles. The molecule has 2 aromatic rings. The molecule has 0 atom stereocenters. The number of nitriles is 1. The number of carbonyl (C=O) groups is 1. The highest BCUT2D eigenvalue weighted by atomic mass is 16.5. The van der Waals surface area contributed by atoms with E-state index in [4.69, 9.17) is 9.78 Å². The Kier molecular flexibility index (Phi) is 2.52. The lowest BCUT2D eigenvalue weighted by Gasteiger charge is -1.98. The van der Waals surface area contributed by atoms with Gasteiger partial charge in [-0.05, 0) is 19.1 Å². The van der Waals surface area contributed by atoms with Crippen LogP contribution in [-0.2, 0) is 0 Å². The van der Waals surface area contributed by atoms with Gasteiger partial charge in [-0.3, -0.25) is 4.79 Å². The standard InChI is InChI=1S/C12H8N2O2/c1-8-11(7-14-16-8)12(15)10-4-2-3-9(5-10)6-13/h2-5,7H,1H3. The van der Waals surface area contributed by atoms with Gasteiger partial charge in [0, 0.05) is 5.56 Å². The van der Waals surface area contributed by atoms with Crippen LogP contribution < -0.4 is 0 Å². The zero-order chi connectivity index (χ0) is 11.5. The Morgan fingerprint density at radius 2 is 2.31 bits per heavy atom. The monoisotopic (exact) mass is 212 g/mol. The number of aryl methyl sites for hydroxylation is 1. The summed E-state index contributed by atoms with van der Waals surface area (Å²) in [5.74, 6) is 0.295. The molecule has 0 aliphatic rings. The molecular weight excluding hydrogens is 204 g/mol. The molecule has 78 valence electrons. The van der Waals surface area contributed by atoms with E-state index in [-0.39, 0.29) is 5.78 Å². The Bertz CT molecular complexity index is 579. The Balaban J connectivity index is 2.43. The van der Waals surface area contributed by atoms with Gasteiger partial charge in [0.2, 0.25) is 0 Å². The molecule has 4 nitrogen and oxygen atoms in total. The number of hydrogen-bond donors (Lipinski definition) is 0. The zero-order valence-electron chi connectivity index (χ0n) is 8.60. The summed E-state index contributed by atoms with van der Waals surface area (Å²) in [5, 5.41) is 12.3. The third-order valence-electron chi connectivity index (χ3n) is 2.25. The van der Waals surface area contributed by atoms with Gasteiger partial charge in [-0.15, -0.1) is 0 Å². The van der Waals surface area contributed by atoms with Crippen LogP contribution >= 0.6 is 0 Å². The van der Waals surface area contributed by atoms with Gasteiger partial charge in [0.25, 0.3) is 0 Å². The van der Waals surface area contributed by atoms with E-state index in [1.54, 1.807) is 31.2 Å². The van der Waals surface area contributed by atoms with Crippen molar-refractivity contribution in [2.24, 2.45) is 0 Å². The predicted molar refractivity (Wildman–Crippen MR) is 55.8 cm³/mol. The first-order valence-corrected chi connectivity index (χ1v) is 4.68. The molecule has 0 saturated carbocycles. The van der Waals surface area contributed by atoms with Crippen LogP contribution in [0.4, 0.5) is 0 Å². The van der Waals surface area contributed by atoms with E-state index in [1.807, 2.05) is 6.07 Å². The molecule has 0 saturated heterocycles. The van der Waals surface area contributed by atoms with Gasteiger partial charge in [0.15, 0.2) is 5.78 Å². The minimum Gasteiger partial charge on any atom is -0.361 e. The summed E-state index contributed by atoms with van der Waals surface area (Å²) in [7, 11) is 0. The first kappa shape index (κ1) is 10.1. The maximum atomic E-state index is 12.0. The van der Waals surface area contributed by atoms with Crippen molar-refractivity contribution in [2.45, 2.75) is 6.92 Å². The molecule has 0 unspecified atom stereocenters. The normalized spacial score (nSPS) is 9.75. The fraction of sp³-hybridized carbons (Fsp3) is 0.0833. The highest BCUT2D eigenvalue weighted by molar-refractivity contribution is 6.09. The number of hydrogen-bond acceptors (Lipinski definition) is 4. The van der Waals surface area contributed by atoms with Gasteiger partial charge in [-0.2, -0.15) is 5.26 Å². The van der Waals surface area contributed by atoms with Crippen molar-refractivity contribution in [1.82, 2.24) is 5.16 Å². The van der Waals surface area contributed by atoms with Crippen LogP contribution in [0, 0.1) is 18.3 Å². The van der Waals surface area contributed by atoms with Crippen LogP contribution in [0.1, 0.15) is 27.2 Å². The minimum absolute atomic E-state index is 0.184. The number of rotatable bonds is 2. The Morgan fingerprint density at radius 3 is 2.94 bits per heavy atom. The summed E-state index contributed by atoms with van der Waals surface area (Å²) in [6, 6.07) is 8.53. The van der Waals surface area contributed by atoms with Gasteiger partial charge < -0.3 is 4.52 Å². The first-order valence-electron chi connectivity index (χ1n) is 4.68. The zero-order valence-corrected chi connectivity index (χ0v) is 8.60. The van der Waals surface area contributed by atoms with Crippen LogP contribution in [0.5, 0.6) is 0 Å². The maximum Gasteiger partial charge on any atom is 0.198 e. The summed E-state index contributed by atoms with van der Waals surface area (Å²) in [6.45, 7) is 1.67. The molecule has 2 rings (SSSR count). The number of benzene rings is 1. The molecule has 0 radical (unpaired) electrons. The smallest absolute Gasteiger partial charge is 0.198 e. The van der Waals surface area contributed by atoms with E-state index in [0.29, 0.717) is 22.5 Å². The molecule has 0 amide bonds. The molecule has 4 heteroatoms. The Morgan fingerprint density at radius 1 is 1.50 bits per heavy atom. The summed E-state index contributed by atoms with van der Waals surface area (Å²) < 4.78 is 4.83. The van der Waals surface area contributed by atoms with Gasteiger partial charge in [-0.25, -0.2) is 0 Å². The van der Waals surface area contributed by atoms with Crippen LogP contribution in [0.15, 0.2) is 35.0 Å². The fourth-order valence-electron chi connectivity index (χ4n) is 1.40. The van der Waals surface area contributed by atoms with Gasteiger partial charge >= 0.3 is 0 Å². The van der Waals surface area contributed by atoms with E-state index in [0.717, 1.165) is 0 Å². The lowest BCUT2D eigenvalue weighted by Crippen LogP contribution is -2.01. The highest BCUT2D eigenvalue weighted by Gasteiger charge is 2.15. The van der Waals surface area contributed by atoms with Crippen molar-refractivity contribution in [3.63, 3.8) is 0 Å². The molecule has 1 aromatic heterocycles. The average Bonchev–Trinajstić information content (AvgIpc) is 2.74. The quantitative estimate of drug-likeness (QED) is 0.715. The second-order valence-electron chi connectivity index (χ2n) is 3.32. The minimum atomic E-state index is -0.184. The Labute approximate surface area is 92.1 Å². The summed E-state index contributed by atoms with van der Waals surface area (Å²) in [5.41, 5.74) is 1.35. The fourth-order valence-corrected chi connectivity index (χ4v) is 1.40. The van der Waals surface area contributed by atoms with Crippen molar-refractivity contribution >= 4 is 5.78 Å². The molecule has 0 bridgehead atoms. The largest absolute Gasteiger partial charge is 0.361 e. The van der Waals surface area contributed by atoms with Gasteiger partial charge in [0.1, 0.15) is 5.76 Å². The highest BCUT2D eigenvalue weighted by Crippen LogP contribution is 2.14. The number of aromatic nitrogens is 1. The van der Waals surface area contributed by atoms with E-state index >= 15 is 0 Å². The van der Waals surface area contributed by atoms with Crippen LogP contribution in [0.2, 0.25) is 0 Å². The molecule has 16 heavy (non-hydrogen) atoms. The summed E-state index contributed by atoms with van der Waals surface area (Å²) in [4.78, 5) is 12.0. The maximum absolute atomic E-state index is 12.0. The molecule has 0 fully saturated rings.